The molecule has 2 rings (SSSR count). The Morgan fingerprint density at radius 3 is 2.87 bits per heavy atom. The van der Waals surface area contributed by atoms with Crippen LogP contribution in [0.2, 0.25) is 5.02 Å². The minimum Gasteiger partial charge on any atom is -0.326 e. The molecule has 1 atom stereocenters. The second kappa shape index (κ2) is 7.84. The average molecular weight is 354 g/mol. The van der Waals surface area contributed by atoms with Gasteiger partial charge in [0.2, 0.25) is 11.8 Å². The number of hydrogen-bond acceptors (Lipinski definition) is 4. The third kappa shape index (κ3) is 5.25. The summed E-state index contributed by atoms with van der Waals surface area (Å²) in [6, 6.07) is 5.33. The predicted octanol–water partition coefficient (Wildman–Crippen LogP) is 3.22. The lowest BCUT2D eigenvalue weighted by atomic mass is 10.2. The van der Waals surface area contributed by atoms with Crippen molar-refractivity contribution in [3.05, 3.63) is 28.8 Å². The molecule has 1 heterocycles. The number of anilines is 1. The molecule has 1 aliphatic heterocycles. The summed E-state index contributed by atoms with van der Waals surface area (Å²) in [6.07, 6.45) is 0.0999. The lowest BCUT2D eigenvalue weighted by Crippen LogP contribution is -2.28. The Balaban J connectivity index is 1.91. The van der Waals surface area contributed by atoms with Crippen LogP contribution in [0.4, 0.5) is 5.69 Å². The van der Waals surface area contributed by atoms with Crippen molar-refractivity contribution in [1.29, 1.82) is 0 Å². The Labute approximate surface area is 145 Å². The van der Waals surface area contributed by atoms with Gasteiger partial charge in [0.1, 0.15) is 5.25 Å². The Kier molecular flexibility index (Phi) is 6.07. The maximum absolute atomic E-state index is 12.1. The van der Waals surface area contributed by atoms with E-state index in [0.717, 1.165) is 5.56 Å². The Morgan fingerprint density at radius 1 is 1.48 bits per heavy atom. The van der Waals surface area contributed by atoms with E-state index in [2.05, 4.69) is 29.5 Å². The van der Waals surface area contributed by atoms with Gasteiger partial charge in [-0.1, -0.05) is 43.3 Å². The molecule has 124 valence electrons. The molecule has 2 amide bonds. The topological polar surface area (TPSA) is 70.6 Å². The number of benzene rings is 1. The van der Waals surface area contributed by atoms with E-state index in [4.69, 9.17) is 11.6 Å². The van der Waals surface area contributed by atoms with Crippen LogP contribution in [0.25, 0.3) is 0 Å². The van der Waals surface area contributed by atoms with Crippen LogP contribution in [0.15, 0.2) is 23.2 Å². The third-order valence-corrected chi connectivity index (χ3v) is 4.73. The van der Waals surface area contributed by atoms with E-state index < -0.39 is 5.25 Å². The minimum absolute atomic E-state index is 0.0999. The van der Waals surface area contributed by atoms with Crippen LogP contribution < -0.4 is 10.6 Å². The first-order valence-electron chi connectivity index (χ1n) is 7.43. The van der Waals surface area contributed by atoms with Gasteiger partial charge in [0.15, 0.2) is 5.17 Å². The third-order valence-electron chi connectivity index (χ3n) is 3.20. The molecule has 0 aromatic heterocycles. The zero-order valence-electron chi connectivity index (χ0n) is 13.4. The largest absolute Gasteiger partial charge is 0.326 e. The Bertz CT molecular complexity index is 646. The maximum atomic E-state index is 12.1. The first-order chi connectivity index (χ1) is 10.8. The molecule has 23 heavy (non-hydrogen) atoms. The molecule has 0 unspecified atom stereocenters. The molecule has 0 spiro atoms. The highest BCUT2D eigenvalue weighted by Crippen LogP contribution is 2.24. The molecule has 0 radical (unpaired) electrons. The molecule has 0 aliphatic carbocycles. The normalized spacial score (nSPS) is 19.3. The number of hydrogen-bond donors (Lipinski definition) is 2. The second-order valence-corrected chi connectivity index (χ2v) is 7.45. The van der Waals surface area contributed by atoms with Crippen LogP contribution in [-0.2, 0) is 9.59 Å². The van der Waals surface area contributed by atoms with Gasteiger partial charge in [-0.2, -0.15) is 0 Å². The van der Waals surface area contributed by atoms with Crippen LogP contribution in [0.1, 0.15) is 25.8 Å². The Hall–Kier alpha value is -1.53. The van der Waals surface area contributed by atoms with Gasteiger partial charge in [-0.3, -0.25) is 14.6 Å². The molecule has 1 saturated heterocycles. The van der Waals surface area contributed by atoms with E-state index >= 15 is 0 Å². The van der Waals surface area contributed by atoms with Crippen LogP contribution in [0.5, 0.6) is 0 Å². The van der Waals surface area contributed by atoms with Crippen molar-refractivity contribution in [1.82, 2.24) is 5.32 Å². The van der Waals surface area contributed by atoms with E-state index in [1.54, 1.807) is 12.1 Å². The minimum atomic E-state index is -0.443. The molecule has 2 N–H and O–H groups in total. The Morgan fingerprint density at radius 2 is 2.22 bits per heavy atom. The first kappa shape index (κ1) is 17.8. The summed E-state index contributed by atoms with van der Waals surface area (Å²) >= 11 is 7.34. The van der Waals surface area contributed by atoms with E-state index in [1.165, 1.54) is 11.8 Å². The molecule has 1 aliphatic rings. The van der Waals surface area contributed by atoms with Gasteiger partial charge in [-0.15, -0.1) is 0 Å². The summed E-state index contributed by atoms with van der Waals surface area (Å²) in [5.41, 5.74) is 1.57. The number of nitrogens with zero attached hydrogens (tertiary/aromatic N) is 1. The average Bonchev–Trinajstić information content (AvgIpc) is 2.81. The van der Waals surface area contributed by atoms with Crippen LogP contribution in [0.3, 0.4) is 0 Å². The standard InChI is InChI=1S/C16H20ClN3O2S/c1-9(2)8-18-16-20-15(22)13(23-16)7-14(21)19-11-5-4-10(3)12(17)6-11/h4-6,9,13H,7-8H2,1-3H3,(H,19,21)(H,18,20,22)/t13-/m1/s1. The number of aliphatic imine (C=N–C) groups is 1. The van der Waals surface area contributed by atoms with Gasteiger partial charge in [-0.25, -0.2) is 0 Å². The number of thioether (sulfide) groups is 1. The van der Waals surface area contributed by atoms with E-state index in [0.29, 0.717) is 28.3 Å². The lowest BCUT2D eigenvalue weighted by Gasteiger charge is -2.08. The van der Waals surface area contributed by atoms with Crippen molar-refractivity contribution in [2.75, 3.05) is 11.9 Å². The highest BCUT2D eigenvalue weighted by molar-refractivity contribution is 8.15. The van der Waals surface area contributed by atoms with Gasteiger partial charge in [0.05, 0.1) is 0 Å². The van der Waals surface area contributed by atoms with Gasteiger partial charge in [-0.05, 0) is 30.5 Å². The quantitative estimate of drug-likeness (QED) is 0.853. The van der Waals surface area contributed by atoms with Crippen molar-refractivity contribution in [2.24, 2.45) is 10.9 Å². The molecule has 1 aromatic rings. The summed E-state index contributed by atoms with van der Waals surface area (Å²) in [4.78, 5) is 28.3. The van der Waals surface area contributed by atoms with Crippen LogP contribution in [0, 0.1) is 12.8 Å². The molecule has 0 bridgehead atoms. The van der Waals surface area contributed by atoms with E-state index in [-0.39, 0.29) is 18.2 Å². The van der Waals surface area contributed by atoms with Gasteiger partial charge in [0.25, 0.3) is 0 Å². The zero-order chi connectivity index (χ0) is 17.0. The number of amides is 2. The molecule has 5 nitrogen and oxygen atoms in total. The van der Waals surface area contributed by atoms with Crippen molar-refractivity contribution in [3.63, 3.8) is 0 Å². The number of rotatable bonds is 5. The fourth-order valence-electron chi connectivity index (χ4n) is 1.93. The fraction of sp³-hybridized carbons (Fsp3) is 0.438. The van der Waals surface area contributed by atoms with Crippen molar-refractivity contribution < 1.29 is 9.59 Å². The lowest BCUT2D eigenvalue weighted by molar-refractivity contribution is -0.122. The molecular weight excluding hydrogens is 334 g/mol. The molecular formula is C16H20ClN3O2S. The van der Waals surface area contributed by atoms with Crippen molar-refractivity contribution >= 4 is 46.0 Å². The summed E-state index contributed by atoms with van der Waals surface area (Å²) in [7, 11) is 0. The summed E-state index contributed by atoms with van der Waals surface area (Å²) < 4.78 is 0. The number of aryl methyl sites for hydroxylation is 1. The SMILES string of the molecule is Cc1ccc(NC(=O)C[C@H]2SC(=NCC(C)C)NC2=O)cc1Cl. The van der Waals surface area contributed by atoms with Crippen molar-refractivity contribution in [3.8, 4) is 0 Å². The van der Waals surface area contributed by atoms with Gasteiger partial charge in [0, 0.05) is 23.7 Å². The number of halogens is 1. The summed E-state index contributed by atoms with van der Waals surface area (Å²) in [5, 5.41) is 6.23. The van der Waals surface area contributed by atoms with Crippen molar-refractivity contribution in [2.45, 2.75) is 32.4 Å². The van der Waals surface area contributed by atoms with E-state index in [9.17, 15) is 9.59 Å². The van der Waals surface area contributed by atoms with Gasteiger partial charge < -0.3 is 10.6 Å². The monoisotopic (exact) mass is 353 g/mol. The number of carbonyl (C=O) groups is 2. The predicted molar refractivity (Wildman–Crippen MR) is 96.1 cm³/mol. The second-order valence-electron chi connectivity index (χ2n) is 5.85. The number of nitrogens with one attached hydrogen (secondary N) is 2. The highest BCUT2D eigenvalue weighted by atomic mass is 35.5. The highest BCUT2D eigenvalue weighted by Gasteiger charge is 2.31. The molecule has 1 aromatic carbocycles. The zero-order valence-corrected chi connectivity index (χ0v) is 14.9. The molecule has 1 fully saturated rings. The summed E-state index contributed by atoms with van der Waals surface area (Å²) in [6.45, 7) is 6.67. The number of amidine groups is 1. The fourth-order valence-corrected chi connectivity index (χ4v) is 3.09. The smallest absolute Gasteiger partial charge is 0.240 e. The van der Waals surface area contributed by atoms with Crippen LogP contribution >= 0.6 is 23.4 Å². The maximum Gasteiger partial charge on any atom is 0.240 e. The molecule has 7 heteroatoms. The van der Waals surface area contributed by atoms with E-state index in [1.807, 2.05) is 13.0 Å². The first-order valence-corrected chi connectivity index (χ1v) is 8.69. The molecule has 0 saturated carbocycles. The number of carbonyl (C=O) groups excluding carboxylic acids is 2. The van der Waals surface area contributed by atoms with Crippen LogP contribution in [-0.4, -0.2) is 28.8 Å². The summed E-state index contributed by atoms with van der Waals surface area (Å²) in [5.74, 6) is 0.0333. The van der Waals surface area contributed by atoms with Gasteiger partial charge >= 0.3 is 0 Å².